The van der Waals surface area contributed by atoms with Gasteiger partial charge in [0.1, 0.15) is 6.04 Å². The van der Waals surface area contributed by atoms with Crippen LogP contribution in [0.15, 0.2) is 48.5 Å². The Morgan fingerprint density at radius 3 is 1.81 bits per heavy atom. The third kappa shape index (κ3) is 5.95. The Hall–Kier alpha value is -3.15. The highest BCUT2D eigenvalue weighted by Crippen LogP contribution is 2.15. The molecule has 0 unspecified atom stereocenters. The first-order valence-corrected chi connectivity index (χ1v) is 8.82. The summed E-state index contributed by atoms with van der Waals surface area (Å²) in [4.78, 5) is 36.1. The Morgan fingerprint density at radius 2 is 1.33 bits per heavy atom. The van der Waals surface area contributed by atoms with E-state index in [2.05, 4.69) is 16.0 Å². The highest BCUT2D eigenvalue weighted by molar-refractivity contribution is 6.01. The van der Waals surface area contributed by atoms with Gasteiger partial charge in [0.25, 0.3) is 5.91 Å². The number of benzene rings is 2. The first-order valence-electron chi connectivity index (χ1n) is 8.82. The summed E-state index contributed by atoms with van der Waals surface area (Å²) in [5.41, 5.74) is 2.81. The van der Waals surface area contributed by atoms with Gasteiger partial charge in [-0.1, -0.05) is 31.5 Å². The van der Waals surface area contributed by atoms with Gasteiger partial charge in [-0.3, -0.25) is 14.4 Å². The minimum Gasteiger partial charge on any atom is -0.340 e. The fourth-order valence-corrected chi connectivity index (χ4v) is 2.52. The second-order valence-corrected chi connectivity index (χ2v) is 6.81. The number of aryl methyl sites for hydroxylation is 1. The van der Waals surface area contributed by atoms with Gasteiger partial charge in [0.05, 0.1) is 0 Å². The van der Waals surface area contributed by atoms with Crippen molar-refractivity contribution in [3.63, 3.8) is 0 Å². The maximum Gasteiger partial charge on any atom is 0.251 e. The lowest BCUT2D eigenvalue weighted by atomic mass is 10.0. The molecule has 0 aliphatic heterocycles. The predicted molar refractivity (Wildman–Crippen MR) is 107 cm³/mol. The molecule has 2 aromatic carbocycles. The summed E-state index contributed by atoms with van der Waals surface area (Å²) in [5, 5.41) is 8.27. The summed E-state index contributed by atoms with van der Waals surface area (Å²) in [5.74, 6) is -0.828. The Morgan fingerprint density at radius 1 is 0.815 bits per heavy atom. The third-order valence-electron chi connectivity index (χ3n) is 4.02. The summed E-state index contributed by atoms with van der Waals surface area (Å²) in [6.07, 6.45) is 0. The molecule has 1 atom stereocenters. The van der Waals surface area contributed by atoms with E-state index < -0.39 is 6.04 Å². The highest BCUT2D eigenvalue weighted by atomic mass is 16.2. The van der Waals surface area contributed by atoms with E-state index in [-0.39, 0.29) is 23.6 Å². The minimum atomic E-state index is -0.672. The number of hydrogen-bond acceptors (Lipinski definition) is 3. The van der Waals surface area contributed by atoms with Crippen LogP contribution in [-0.4, -0.2) is 23.8 Å². The van der Waals surface area contributed by atoms with Crippen LogP contribution in [0.5, 0.6) is 0 Å². The zero-order chi connectivity index (χ0) is 20.0. The van der Waals surface area contributed by atoms with Gasteiger partial charge < -0.3 is 16.0 Å². The molecule has 0 radical (unpaired) electrons. The van der Waals surface area contributed by atoms with E-state index in [9.17, 15) is 14.4 Å². The molecule has 2 rings (SSSR count). The van der Waals surface area contributed by atoms with Gasteiger partial charge in [0.2, 0.25) is 11.8 Å². The molecule has 3 N–H and O–H groups in total. The number of hydrogen-bond donors (Lipinski definition) is 3. The summed E-state index contributed by atoms with van der Waals surface area (Å²) < 4.78 is 0. The molecule has 0 heterocycles. The molecule has 3 amide bonds. The van der Waals surface area contributed by atoms with Gasteiger partial charge in [-0.15, -0.1) is 0 Å². The summed E-state index contributed by atoms with van der Waals surface area (Å²) in [6, 6.07) is 13.3. The number of carbonyl (C=O) groups excluding carboxylic acids is 3. The van der Waals surface area contributed by atoms with Gasteiger partial charge in [0, 0.05) is 23.9 Å². The standard InChI is InChI=1S/C21H25N3O3/c1-13(2)19(24-20(26)16-7-5-14(3)6-8-16)21(27)23-18-11-9-17(10-12-18)22-15(4)25/h5-13,19H,1-4H3,(H,22,25)(H,23,27)(H,24,26)/t19-/m0/s1. The number of nitrogens with one attached hydrogen (secondary N) is 3. The molecule has 6 nitrogen and oxygen atoms in total. The van der Waals surface area contributed by atoms with E-state index in [4.69, 9.17) is 0 Å². The Kier molecular flexibility index (Phi) is 6.71. The first-order chi connectivity index (χ1) is 12.8. The summed E-state index contributed by atoms with van der Waals surface area (Å²) in [6.45, 7) is 7.13. The van der Waals surface area contributed by atoms with Gasteiger partial charge >= 0.3 is 0 Å². The molecular weight excluding hydrogens is 342 g/mol. The van der Waals surface area contributed by atoms with Crippen molar-refractivity contribution < 1.29 is 14.4 Å². The molecule has 0 bridgehead atoms. The van der Waals surface area contributed by atoms with Crippen LogP contribution in [0.3, 0.4) is 0 Å². The van der Waals surface area contributed by atoms with Gasteiger partial charge in [-0.25, -0.2) is 0 Å². The van der Waals surface area contributed by atoms with Crippen molar-refractivity contribution in [3.05, 3.63) is 59.7 Å². The number of anilines is 2. The van der Waals surface area contributed by atoms with Crippen molar-refractivity contribution in [2.45, 2.75) is 33.7 Å². The molecule has 0 fully saturated rings. The molecular formula is C21H25N3O3. The van der Waals surface area contributed by atoms with Crippen molar-refractivity contribution in [2.24, 2.45) is 5.92 Å². The topological polar surface area (TPSA) is 87.3 Å². The Labute approximate surface area is 159 Å². The van der Waals surface area contributed by atoms with E-state index in [0.29, 0.717) is 16.9 Å². The molecule has 0 saturated carbocycles. The zero-order valence-corrected chi connectivity index (χ0v) is 16.0. The van der Waals surface area contributed by atoms with Crippen LogP contribution in [0, 0.1) is 12.8 Å². The van der Waals surface area contributed by atoms with E-state index >= 15 is 0 Å². The van der Waals surface area contributed by atoms with E-state index in [1.54, 1.807) is 36.4 Å². The Bertz CT molecular complexity index is 812. The maximum atomic E-state index is 12.6. The van der Waals surface area contributed by atoms with Crippen molar-refractivity contribution in [1.29, 1.82) is 0 Å². The molecule has 0 saturated heterocycles. The summed E-state index contributed by atoms with van der Waals surface area (Å²) in [7, 11) is 0. The van der Waals surface area contributed by atoms with Crippen LogP contribution in [0.1, 0.15) is 36.7 Å². The molecule has 0 spiro atoms. The van der Waals surface area contributed by atoms with Gasteiger partial charge in [0.15, 0.2) is 0 Å². The fourth-order valence-electron chi connectivity index (χ4n) is 2.52. The molecule has 142 valence electrons. The molecule has 0 aliphatic carbocycles. The van der Waals surface area contributed by atoms with Crippen LogP contribution in [0.25, 0.3) is 0 Å². The lowest BCUT2D eigenvalue weighted by Crippen LogP contribution is -2.47. The second-order valence-electron chi connectivity index (χ2n) is 6.81. The second kappa shape index (κ2) is 8.98. The smallest absolute Gasteiger partial charge is 0.251 e. The summed E-state index contributed by atoms with van der Waals surface area (Å²) >= 11 is 0. The van der Waals surface area contributed by atoms with Crippen LogP contribution in [0.4, 0.5) is 11.4 Å². The van der Waals surface area contributed by atoms with E-state index in [1.807, 2.05) is 32.9 Å². The first kappa shape index (κ1) is 20.2. The van der Waals surface area contributed by atoms with Gasteiger partial charge in [-0.05, 0) is 49.2 Å². The molecule has 6 heteroatoms. The Balaban J connectivity index is 2.04. The molecule has 0 aromatic heterocycles. The fraction of sp³-hybridized carbons (Fsp3) is 0.286. The van der Waals surface area contributed by atoms with Crippen LogP contribution in [0.2, 0.25) is 0 Å². The lowest BCUT2D eigenvalue weighted by molar-refractivity contribution is -0.119. The minimum absolute atomic E-state index is 0.0851. The van der Waals surface area contributed by atoms with Gasteiger partial charge in [-0.2, -0.15) is 0 Å². The van der Waals surface area contributed by atoms with Crippen LogP contribution < -0.4 is 16.0 Å². The maximum absolute atomic E-state index is 12.6. The average Bonchev–Trinajstić information content (AvgIpc) is 2.61. The van der Waals surface area contributed by atoms with Crippen LogP contribution >= 0.6 is 0 Å². The quantitative estimate of drug-likeness (QED) is 0.732. The lowest BCUT2D eigenvalue weighted by Gasteiger charge is -2.22. The van der Waals surface area contributed by atoms with Crippen molar-refractivity contribution in [3.8, 4) is 0 Å². The van der Waals surface area contributed by atoms with Crippen molar-refractivity contribution in [2.75, 3.05) is 10.6 Å². The van der Waals surface area contributed by atoms with E-state index in [1.165, 1.54) is 6.92 Å². The normalized spacial score (nSPS) is 11.6. The largest absolute Gasteiger partial charge is 0.340 e. The predicted octanol–water partition coefficient (Wildman–Crippen LogP) is 3.35. The number of amides is 3. The van der Waals surface area contributed by atoms with Crippen molar-refractivity contribution in [1.82, 2.24) is 5.32 Å². The van der Waals surface area contributed by atoms with Crippen LogP contribution in [-0.2, 0) is 9.59 Å². The SMILES string of the molecule is CC(=O)Nc1ccc(NC(=O)[C@@H](NC(=O)c2ccc(C)cc2)C(C)C)cc1. The number of carbonyl (C=O) groups is 3. The number of rotatable bonds is 6. The average molecular weight is 367 g/mol. The molecule has 2 aromatic rings. The monoisotopic (exact) mass is 367 g/mol. The third-order valence-corrected chi connectivity index (χ3v) is 4.02. The highest BCUT2D eigenvalue weighted by Gasteiger charge is 2.24. The molecule has 0 aliphatic rings. The molecule has 27 heavy (non-hydrogen) atoms. The zero-order valence-electron chi connectivity index (χ0n) is 16.0. The van der Waals surface area contributed by atoms with Crippen molar-refractivity contribution >= 4 is 29.1 Å². The van der Waals surface area contributed by atoms with E-state index in [0.717, 1.165) is 5.56 Å².